The molecule has 1 aromatic carbocycles. The van der Waals surface area contributed by atoms with Crippen molar-refractivity contribution in [2.75, 3.05) is 45.3 Å². The average Bonchev–Trinajstić information content (AvgIpc) is 3.59. The summed E-state index contributed by atoms with van der Waals surface area (Å²) >= 11 is 5.11. The van der Waals surface area contributed by atoms with Crippen molar-refractivity contribution in [1.82, 2.24) is 29.7 Å². The van der Waals surface area contributed by atoms with Crippen molar-refractivity contribution in [1.29, 1.82) is 0 Å². The number of halogens is 1. The Labute approximate surface area is 254 Å². The number of carbonyl (C=O) groups excluding carboxylic acids is 3. The van der Waals surface area contributed by atoms with Crippen LogP contribution >= 0.6 is 27.7 Å². The minimum absolute atomic E-state index is 0.190. The van der Waals surface area contributed by atoms with Crippen LogP contribution in [0.25, 0.3) is 11.2 Å². The number of anilines is 1. The summed E-state index contributed by atoms with van der Waals surface area (Å²) in [5.74, 6) is 0.988. The number of hydrogen-bond acceptors (Lipinski definition) is 13. The molecule has 2 aromatic heterocycles. The maximum Gasteiger partial charge on any atom is 0.326 e. The molecule has 1 fully saturated rings. The van der Waals surface area contributed by atoms with Gasteiger partial charge < -0.3 is 35.6 Å². The number of esters is 1. The van der Waals surface area contributed by atoms with Gasteiger partial charge in [0.05, 0.1) is 6.54 Å². The largest absolute Gasteiger partial charge is 0.454 e. The zero-order valence-electron chi connectivity index (χ0n) is 22.7. The maximum atomic E-state index is 12.0. The van der Waals surface area contributed by atoms with Crippen LogP contribution < -0.4 is 26.3 Å². The molecule has 14 nitrogen and oxygen atoms in total. The summed E-state index contributed by atoms with van der Waals surface area (Å²) in [6.07, 6.45) is 3.90. The van der Waals surface area contributed by atoms with Crippen molar-refractivity contribution in [2.45, 2.75) is 42.0 Å². The number of aryl methyl sites for hydroxylation is 1. The number of nitrogens with two attached hydrogens (primary N) is 2. The molecule has 2 aliphatic heterocycles. The Kier molecular flexibility index (Phi) is 9.76. The van der Waals surface area contributed by atoms with Gasteiger partial charge in [-0.1, -0.05) is 11.8 Å². The van der Waals surface area contributed by atoms with Crippen LogP contribution in [0, 0.1) is 5.92 Å². The van der Waals surface area contributed by atoms with E-state index in [9.17, 15) is 14.4 Å². The van der Waals surface area contributed by atoms with E-state index in [0.29, 0.717) is 53.8 Å². The Morgan fingerprint density at radius 3 is 2.74 bits per heavy atom. The van der Waals surface area contributed by atoms with Crippen molar-refractivity contribution >= 4 is 62.8 Å². The van der Waals surface area contributed by atoms with Crippen LogP contribution in [0.4, 0.5) is 5.82 Å². The number of likely N-dealkylation sites (tertiary alicyclic amines) is 1. The van der Waals surface area contributed by atoms with E-state index in [0.717, 1.165) is 46.9 Å². The first-order chi connectivity index (χ1) is 20.3. The van der Waals surface area contributed by atoms with Gasteiger partial charge in [-0.3, -0.25) is 19.3 Å². The summed E-state index contributed by atoms with van der Waals surface area (Å²) in [6.45, 7) is 2.16. The van der Waals surface area contributed by atoms with E-state index in [2.05, 4.69) is 40.7 Å². The van der Waals surface area contributed by atoms with E-state index in [4.69, 9.17) is 30.7 Å². The average molecular weight is 664 g/mol. The third-order valence-electron chi connectivity index (χ3n) is 7.11. The van der Waals surface area contributed by atoms with Gasteiger partial charge in [0, 0.05) is 22.5 Å². The molecule has 0 bridgehead atoms. The van der Waals surface area contributed by atoms with Gasteiger partial charge >= 0.3 is 5.97 Å². The fourth-order valence-electron chi connectivity index (χ4n) is 4.87. The van der Waals surface area contributed by atoms with Crippen LogP contribution in [0.5, 0.6) is 11.5 Å². The van der Waals surface area contributed by atoms with Crippen molar-refractivity contribution < 1.29 is 28.6 Å². The summed E-state index contributed by atoms with van der Waals surface area (Å²) in [5, 5.41) is 3.08. The lowest BCUT2D eigenvalue weighted by atomic mass is 9.93. The lowest BCUT2D eigenvalue weighted by molar-refractivity contribution is -0.152. The van der Waals surface area contributed by atoms with Crippen molar-refractivity contribution in [3.63, 3.8) is 0 Å². The molecule has 1 saturated heterocycles. The van der Waals surface area contributed by atoms with E-state index < -0.39 is 18.0 Å². The normalized spacial score (nSPS) is 16.0. The van der Waals surface area contributed by atoms with E-state index in [1.807, 2.05) is 12.1 Å². The molecule has 0 saturated carbocycles. The van der Waals surface area contributed by atoms with E-state index in [1.165, 1.54) is 18.1 Å². The Hall–Kier alpha value is -3.47. The highest BCUT2D eigenvalue weighted by Gasteiger charge is 2.25. The minimum Gasteiger partial charge on any atom is -0.454 e. The van der Waals surface area contributed by atoms with Gasteiger partial charge in [0.15, 0.2) is 46.0 Å². The predicted octanol–water partition coefficient (Wildman–Crippen LogP) is 1.34. The number of carbonyl (C=O) groups is 3. The SMILES string of the molecule is NCC(=O)NCC(=O)O[C@H](C=O)CN1CCC(CCn2c(Sc3cc4c(cc3Br)OCO4)nc3c(N)ncnc32)CC1. The van der Waals surface area contributed by atoms with Gasteiger partial charge in [0.1, 0.15) is 12.9 Å². The molecular formula is C26H31BrN8O6S. The summed E-state index contributed by atoms with van der Waals surface area (Å²) in [4.78, 5) is 51.1. The highest BCUT2D eigenvalue weighted by molar-refractivity contribution is 9.10. The lowest BCUT2D eigenvalue weighted by Gasteiger charge is -2.33. The molecule has 3 aromatic rings. The van der Waals surface area contributed by atoms with Crippen molar-refractivity contribution in [3.05, 3.63) is 22.9 Å². The van der Waals surface area contributed by atoms with Gasteiger partial charge in [-0.2, -0.15) is 0 Å². The minimum atomic E-state index is -0.902. The van der Waals surface area contributed by atoms with Crippen molar-refractivity contribution in [3.8, 4) is 11.5 Å². The Balaban J connectivity index is 1.19. The van der Waals surface area contributed by atoms with Gasteiger partial charge in [-0.05, 0) is 66.3 Å². The number of fused-ring (bicyclic) bond motifs is 2. The third-order valence-corrected chi connectivity index (χ3v) is 9.08. The topological polar surface area (TPSA) is 190 Å². The Bertz CT molecular complexity index is 1460. The fourth-order valence-corrected chi connectivity index (χ4v) is 6.38. The fraction of sp³-hybridized carbons (Fsp3) is 0.462. The number of aldehydes is 1. The number of aromatic nitrogens is 4. The van der Waals surface area contributed by atoms with Crippen LogP contribution in [-0.2, 0) is 25.7 Å². The quantitative estimate of drug-likeness (QED) is 0.186. The second-order valence-corrected chi connectivity index (χ2v) is 11.8. The first kappa shape index (κ1) is 30.0. The lowest BCUT2D eigenvalue weighted by Crippen LogP contribution is -2.42. The highest BCUT2D eigenvalue weighted by Crippen LogP contribution is 2.43. The molecule has 0 spiro atoms. The molecular weight excluding hydrogens is 632 g/mol. The molecule has 42 heavy (non-hydrogen) atoms. The molecule has 0 unspecified atom stereocenters. The summed E-state index contributed by atoms with van der Waals surface area (Å²) in [5.41, 5.74) is 12.6. The predicted molar refractivity (Wildman–Crippen MR) is 156 cm³/mol. The third kappa shape index (κ3) is 7.11. The molecule has 0 aliphatic carbocycles. The van der Waals surface area contributed by atoms with E-state index >= 15 is 0 Å². The monoisotopic (exact) mass is 662 g/mol. The number of piperidine rings is 1. The summed E-state index contributed by atoms with van der Waals surface area (Å²) in [6, 6.07) is 3.81. The molecule has 16 heteroatoms. The molecule has 5 rings (SSSR count). The van der Waals surface area contributed by atoms with Crippen LogP contribution in [-0.4, -0.2) is 88.2 Å². The number of nitrogen functional groups attached to an aromatic ring is 1. The summed E-state index contributed by atoms with van der Waals surface area (Å²) < 4.78 is 19.2. The summed E-state index contributed by atoms with van der Waals surface area (Å²) in [7, 11) is 0. The zero-order valence-corrected chi connectivity index (χ0v) is 25.1. The first-order valence-electron chi connectivity index (χ1n) is 13.4. The number of ether oxygens (including phenoxy) is 3. The van der Waals surface area contributed by atoms with Crippen LogP contribution in [0.1, 0.15) is 19.3 Å². The smallest absolute Gasteiger partial charge is 0.326 e. The Morgan fingerprint density at radius 1 is 1.24 bits per heavy atom. The molecule has 1 atom stereocenters. The molecule has 4 heterocycles. The van der Waals surface area contributed by atoms with Gasteiger partial charge in [0.2, 0.25) is 12.7 Å². The van der Waals surface area contributed by atoms with Crippen molar-refractivity contribution in [2.24, 2.45) is 11.7 Å². The molecule has 224 valence electrons. The number of amides is 1. The zero-order chi connectivity index (χ0) is 29.6. The van der Waals surface area contributed by atoms with Crippen LogP contribution in [0.2, 0.25) is 0 Å². The number of hydrogen-bond donors (Lipinski definition) is 3. The van der Waals surface area contributed by atoms with Gasteiger partial charge in [0.25, 0.3) is 0 Å². The van der Waals surface area contributed by atoms with E-state index in [1.54, 1.807) is 0 Å². The highest BCUT2D eigenvalue weighted by atomic mass is 79.9. The number of nitrogens with one attached hydrogen (secondary N) is 1. The molecule has 0 radical (unpaired) electrons. The molecule has 5 N–H and O–H groups in total. The second kappa shape index (κ2) is 13.7. The number of benzene rings is 1. The van der Waals surface area contributed by atoms with Gasteiger partial charge in [-0.15, -0.1) is 0 Å². The maximum absolute atomic E-state index is 12.0. The standard InChI is InChI=1S/C26H31BrN8O6S/c27-17-7-18-19(40-14-39-18)8-20(17)42-26-33-23-24(29)31-13-32-25(23)35(26)6-3-15-1-4-34(5-2-15)11-16(12-36)41-22(38)10-30-21(37)9-28/h7-8,12-13,15-16H,1-6,9-11,14,28H2,(H,30,37)(H2,29,31,32)/t16-/m0/s1. The van der Waals surface area contributed by atoms with E-state index in [-0.39, 0.29) is 19.9 Å². The van der Waals surface area contributed by atoms with Crippen LogP contribution in [0.15, 0.2) is 33.0 Å². The second-order valence-electron chi connectivity index (χ2n) is 9.89. The molecule has 1 amide bonds. The van der Waals surface area contributed by atoms with Crippen LogP contribution in [0.3, 0.4) is 0 Å². The number of nitrogens with zero attached hydrogens (tertiary/aromatic N) is 5. The number of rotatable bonds is 12. The number of imidazole rings is 1. The molecule has 2 aliphatic rings. The van der Waals surface area contributed by atoms with Gasteiger partial charge in [-0.25, -0.2) is 15.0 Å². The Morgan fingerprint density at radius 2 is 2.00 bits per heavy atom. The first-order valence-corrected chi connectivity index (χ1v) is 15.0.